The molecule has 1 aromatic carbocycles. The van der Waals surface area contributed by atoms with E-state index in [1.165, 1.54) is 11.3 Å². The molecule has 0 aliphatic rings. The Kier molecular flexibility index (Phi) is 4.38. The second-order valence-electron chi connectivity index (χ2n) is 4.77. The molecule has 0 fully saturated rings. The van der Waals surface area contributed by atoms with Crippen LogP contribution in [-0.2, 0) is 11.2 Å². The summed E-state index contributed by atoms with van der Waals surface area (Å²) in [6.07, 6.45) is 3.39. The molecule has 0 atom stereocenters. The summed E-state index contributed by atoms with van der Waals surface area (Å²) in [5.74, 6) is -1.88. The molecule has 1 N–H and O–H groups in total. The smallest absolute Gasteiger partial charge is 0.230 e. The van der Waals surface area contributed by atoms with Crippen LogP contribution in [0, 0.1) is 11.6 Å². The second kappa shape index (κ2) is 6.62. The second-order valence-corrected chi connectivity index (χ2v) is 5.63. The predicted octanol–water partition coefficient (Wildman–Crippen LogP) is 3.66. The summed E-state index contributed by atoms with van der Waals surface area (Å²) in [6.45, 7) is 0. The van der Waals surface area contributed by atoms with Crippen molar-refractivity contribution in [3.8, 4) is 10.6 Å². The first-order valence-corrected chi connectivity index (χ1v) is 7.59. The minimum absolute atomic E-state index is 0.0227. The van der Waals surface area contributed by atoms with Gasteiger partial charge in [0.1, 0.15) is 16.6 Å². The average Bonchev–Trinajstić information content (AvgIpc) is 2.95. The van der Waals surface area contributed by atoms with Crippen LogP contribution in [0.15, 0.2) is 48.1 Å². The summed E-state index contributed by atoms with van der Waals surface area (Å²) in [5.41, 5.74) is 1.54. The van der Waals surface area contributed by atoms with Gasteiger partial charge in [-0.1, -0.05) is 0 Å². The van der Waals surface area contributed by atoms with E-state index in [-0.39, 0.29) is 12.1 Å². The fourth-order valence-electron chi connectivity index (χ4n) is 2.01. The molecule has 1 amide bonds. The SMILES string of the molecule is O=C(Cc1csc(-c2cccnc2)n1)Nc1cc(F)cc(F)c1. The van der Waals surface area contributed by atoms with E-state index in [1.54, 1.807) is 17.8 Å². The Morgan fingerprint density at radius 1 is 1.22 bits per heavy atom. The summed E-state index contributed by atoms with van der Waals surface area (Å²) in [4.78, 5) is 20.3. The van der Waals surface area contributed by atoms with E-state index >= 15 is 0 Å². The third-order valence-electron chi connectivity index (χ3n) is 2.95. The van der Waals surface area contributed by atoms with Gasteiger partial charge in [-0.2, -0.15) is 0 Å². The van der Waals surface area contributed by atoms with Gasteiger partial charge in [-0.15, -0.1) is 11.3 Å². The van der Waals surface area contributed by atoms with Gasteiger partial charge >= 0.3 is 0 Å². The molecule has 7 heteroatoms. The molecular formula is C16H11F2N3OS. The van der Waals surface area contributed by atoms with Gasteiger partial charge in [-0.05, 0) is 24.3 Å². The first kappa shape index (κ1) is 15.2. The van der Waals surface area contributed by atoms with Crippen LogP contribution in [0.4, 0.5) is 14.5 Å². The maximum atomic E-state index is 13.1. The highest BCUT2D eigenvalue weighted by Crippen LogP contribution is 2.23. The third kappa shape index (κ3) is 3.95. The Hall–Kier alpha value is -2.67. The Morgan fingerprint density at radius 3 is 2.70 bits per heavy atom. The number of hydrogen-bond donors (Lipinski definition) is 1. The highest BCUT2D eigenvalue weighted by molar-refractivity contribution is 7.13. The van der Waals surface area contributed by atoms with Gasteiger partial charge in [0.25, 0.3) is 0 Å². The van der Waals surface area contributed by atoms with Gasteiger partial charge in [0, 0.05) is 35.1 Å². The van der Waals surface area contributed by atoms with E-state index in [1.807, 2.05) is 12.1 Å². The van der Waals surface area contributed by atoms with Crippen LogP contribution >= 0.6 is 11.3 Å². The normalized spacial score (nSPS) is 10.5. The van der Waals surface area contributed by atoms with E-state index in [0.29, 0.717) is 5.69 Å². The molecule has 3 rings (SSSR count). The Balaban J connectivity index is 1.68. The number of anilines is 1. The first-order valence-electron chi connectivity index (χ1n) is 6.71. The summed E-state index contributed by atoms with van der Waals surface area (Å²) in [5, 5.41) is 4.99. The number of aromatic nitrogens is 2. The van der Waals surface area contributed by atoms with Crippen LogP contribution < -0.4 is 5.32 Å². The van der Waals surface area contributed by atoms with Crippen molar-refractivity contribution in [3.05, 3.63) is 65.4 Å². The zero-order chi connectivity index (χ0) is 16.2. The molecular weight excluding hydrogens is 320 g/mol. The van der Waals surface area contributed by atoms with E-state index in [9.17, 15) is 13.6 Å². The maximum absolute atomic E-state index is 13.1. The molecule has 3 aromatic rings. The van der Waals surface area contributed by atoms with Gasteiger partial charge in [0.15, 0.2) is 0 Å². The number of rotatable bonds is 4. The van der Waals surface area contributed by atoms with Crippen molar-refractivity contribution in [2.24, 2.45) is 0 Å². The maximum Gasteiger partial charge on any atom is 0.230 e. The van der Waals surface area contributed by atoms with Crippen molar-refractivity contribution in [1.82, 2.24) is 9.97 Å². The fraction of sp³-hybridized carbons (Fsp3) is 0.0625. The molecule has 2 aromatic heterocycles. The number of thiazole rings is 1. The van der Waals surface area contributed by atoms with Gasteiger partial charge in [0.05, 0.1) is 12.1 Å². The molecule has 0 unspecified atom stereocenters. The number of pyridine rings is 1. The third-order valence-corrected chi connectivity index (χ3v) is 3.89. The zero-order valence-electron chi connectivity index (χ0n) is 11.8. The number of benzene rings is 1. The van der Waals surface area contributed by atoms with Crippen molar-refractivity contribution >= 4 is 22.9 Å². The minimum atomic E-state index is -0.743. The number of carbonyl (C=O) groups excluding carboxylic acids is 1. The van der Waals surface area contributed by atoms with Crippen LogP contribution in [0.2, 0.25) is 0 Å². The highest BCUT2D eigenvalue weighted by Gasteiger charge is 2.10. The Morgan fingerprint density at radius 2 is 2.00 bits per heavy atom. The standard InChI is InChI=1S/C16H11F2N3OS/c17-11-4-12(18)6-13(5-11)20-15(22)7-14-9-23-16(21-14)10-2-1-3-19-8-10/h1-6,8-9H,7H2,(H,20,22). The molecule has 23 heavy (non-hydrogen) atoms. The van der Waals surface area contributed by atoms with Gasteiger partial charge in [-0.25, -0.2) is 13.8 Å². The molecule has 0 radical (unpaired) electrons. The van der Waals surface area contributed by atoms with Crippen LogP contribution in [-0.4, -0.2) is 15.9 Å². The van der Waals surface area contributed by atoms with Gasteiger partial charge in [-0.3, -0.25) is 9.78 Å². The van der Waals surface area contributed by atoms with E-state index in [4.69, 9.17) is 0 Å². The quantitative estimate of drug-likeness (QED) is 0.794. The van der Waals surface area contributed by atoms with Crippen LogP contribution in [0.3, 0.4) is 0 Å². The van der Waals surface area contributed by atoms with Crippen LogP contribution in [0.5, 0.6) is 0 Å². The summed E-state index contributed by atoms with van der Waals surface area (Å²) < 4.78 is 26.2. The number of nitrogens with zero attached hydrogens (tertiary/aromatic N) is 2. The monoisotopic (exact) mass is 331 g/mol. The van der Waals surface area contributed by atoms with Gasteiger partial charge in [0.2, 0.25) is 5.91 Å². The summed E-state index contributed by atoms with van der Waals surface area (Å²) in [6, 6.07) is 6.55. The van der Waals surface area contributed by atoms with Crippen molar-refractivity contribution in [2.45, 2.75) is 6.42 Å². The summed E-state index contributed by atoms with van der Waals surface area (Å²) in [7, 11) is 0. The van der Waals surface area contributed by atoms with Crippen LogP contribution in [0.25, 0.3) is 10.6 Å². The minimum Gasteiger partial charge on any atom is -0.326 e. The molecule has 116 valence electrons. The molecule has 0 bridgehead atoms. The first-order chi connectivity index (χ1) is 11.1. The lowest BCUT2D eigenvalue weighted by Gasteiger charge is -2.04. The molecule has 0 saturated heterocycles. The van der Waals surface area contributed by atoms with E-state index < -0.39 is 17.5 Å². The number of carbonyl (C=O) groups is 1. The molecule has 4 nitrogen and oxygen atoms in total. The number of halogens is 2. The molecule has 0 aliphatic carbocycles. The van der Waals surface area contributed by atoms with E-state index in [0.717, 1.165) is 28.8 Å². The van der Waals surface area contributed by atoms with Gasteiger partial charge < -0.3 is 5.32 Å². The lowest BCUT2D eigenvalue weighted by Crippen LogP contribution is -2.14. The zero-order valence-corrected chi connectivity index (χ0v) is 12.6. The predicted molar refractivity (Wildman–Crippen MR) is 84.0 cm³/mol. The van der Waals surface area contributed by atoms with Crippen LogP contribution in [0.1, 0.15) is 5.69 Å². The molecule has 0 spiro atoms. The highest BCUT2D eigenvalue weighted by atomic mass is 32.1. The van der Waals surface area contributed by atoms with Crippen molar-refractivity contribution in [1.29, 1.82) is 0 Å². The lowest BCUT2D eigenvalue weighted by atomic mass is 10.2. The number of amides is 1. The Labute approximate surface area is 134 Å². The average molecular weight is 331 g/mol. The largest absolute Gasteiger partial charge is 0.326 e. The van der Waals surface area contributed by atoms with Crippen molar-refractivity contribution in [2.75, 3.05) is 5.32 Å². The van der Waals surface area contributed by atoms with Crippen molar-refractivity contribution < 1.29 is 13.6 Å². The Bertz CT molecular complexity index is 816. The van der Waals surface area contributed by atoms with E-state index in [2.05, 4.69) is 15.3 Å². The molecule has 0 saturated carbocycles. The summed E-state index contributed by atoms with van der Waals surface area (Å²) >= 11 is 1.40. The fourth-order valence-corrected chi connectivity index (χ4v) is 2.82. The molecule has 0 aliphatic heterocycles. The number of hydrogen-bond acceptors (Lipinski definition) is 4. The molecule has 2 heterocycles. The lowest BCUT2D eigenvalue weighted by molar-refractivity contribution is -0.115. The van der Waals surface area contributed by atoms with Crippen molar-refractivity contribution in [3.63, 3.8) is 0 Å². The topological polar surface area (TPSA) is 54.9 Å². The number of nitrogens with one attached hydrogen (secondary N) is 1.